The van der Waals surface area contributed by atoms with Crippen LogP contribution in [-0.4, -0.2) is 62.9 Å². The first-order valence-electron chi connectivity index (χ1n) is 9.22. The fourth-order valence-electron chi connectivity index (χ4n) is 2.57. The van der Waals surface area contributed by atoms with Gasteiger partial charge in [0.1, 0.15) is 0 Å². The number of nitrogens with one attached hydrogen (secondary N) is 1. The molecule has 5 nitrogen and oxygen atoms in total. The van der Waals surface area contributed by atoms with Crippen LogP contribution in [0.3, 0.4) is 0 Å². The second-order valence-electron chi connectivity index (χ2n) is 7.00. The van der Waals surface area contributed by atoms with E-state index in [-0.39, 0.29) is 19.4 Å². The van der Waals surface area contributed by atoms with Gasteiger partial charge in [0.2, 0.25) is 5.91 Å². The van der Waals surface area contributed by atoms with Gasteiger partial charge in [-0.2, -0.15) is 0 Å². The molecule has 0 aromatic carbocycles. The predicted molar refractivity (Wildman–Crippen MR) is 95.6 cm³/mol. The first-order valence-corrected chi connectivity index (χ1v) is 9.22. The average Bonchev–Trinajstić information content (AvgIpc) is 2.55. The van der Waals surface area contributed by atoms with Gasteiger partial charge >= 0.3 is 0 Å². The van der Waals surface area contributed by atoms with Gasteiger partial charge < -0.3 is 14.8 Å². The number of amides is 1. The number of carbonyl (C=O) groups excluding carboxylic acids is 1. The van der Waals surface area contributed by atoms with Crippen LogP contribution in [0.5, 0.6) is 0 Å². The van der Waals surface area contributed by atoms with Gasteiger partial charge in [-0.25, -0.2) is 0 Å². The van der Waals surface area contributed by atoms with E-state index in [1.54, 1.807) is 0 Å². The lowest BCUT2D eigenvalue weighted by molar-refractivity contribution is -0.125. The molecule has 2 unspecified atom stereocenters. The van der Waals surface area contributed by atoms with E-state index in [2.05, 4.69) is 24.1 Å². The Morgan fingerprint density at radius 2 is 2.17 bits per heavy atom. The Labute approximate surface area is 143 Å². The number of carbonyl (C=O) groups is 1. The quantitative estimate of drug-likeness (QED) is 0.592. The van der Waals surface area contributed by atoms with Crippen LogP contribution in [0.25, 0.3) is 0 Å². The van der Waals surface area contributed by atoms with Crippen molar-refractivity contribution in [2.75, 3.05) is 46.0 Å². The molecule has 138 valence electrons. The summed E-state index contributed by atoms with van der Waals surface area (Å²) in [4.78, 5) is 14.2. The van der Waals surface area contributed by atoms with Crippen molar-refractivity contribution in [3.05, 3.63) is 0 Å². The summed E-state index contributed by atoms with van der Waals surface area (Å²) < 4.78 is 11.5. The smallest absolute Gasteiger partial charge is 0.222 e. The van der Waals surface area contributed by atoms with Crippen molar-refractivity contribution in [1.82, 2.24) is 10.2 Å². The molecule has 0 saturated carbocycles. The predicted octanol–water partition coefficient (Wildman–Crippen LogP) is 2.55. The van der Waals surface area contributed by atoms with Gasteiger partial charge in [0.25, 0.3) is 0 Å². The van der Waals surface area contributed by atoms with Crippen LogP contribution < -0.4 is 5.32 Å². The number of ether oxygens (including phenoxy) is 2. The fourth-order valence-corrected chi connectivity index (χ4v) is 2.57. The summed E-state index contributed by atoms with van der Waals surface area (Å²) in [5.41, 5.74) is 0. The SMILES string of the molecule is CCC(C)C(=O)NCC1CN(CCOCCCC(C)C)CCO1.[HH]. The Bertz CT molecular complexity index is 329. The highest BCUT2D eigenvalue weighted by atomic mass is 16.5. The minimum Gasteiger partial charge on any atom is -0.380 e. The summed E-state index contributed by atoms with van der Waals surface area (Å²) in [7, 11) is 0. The summed E-state index contributed by atoms with van der Waals surface area (Å²) in [5, 5.41) is 3.00. The molecular formula is C18H38N2O3. The van der Waals surface area contributed by atoms with Gasteiger partial charge in [-0.3, -0.25) is 9.69 Å². The van der Waals surface area contributed by atoms with Crippen LogP contribution in [0.4, 0.5) is 0 Å². The normalized spacial score (nSPS) is 20.7. The molecule has 2 atom stereocenters. The summed E-state index contributed by atoms with van der Waals surface area (Å²) >= 11 is 0. The molecule has 0 spiro atoms. The first-order chi connectivity index (χ1) is 11.0. The zero-order chi connectivity index (χ0) is 17.1. The van der Waals surface area contributed by atoms with E-state index in [1.165, 1.54) is 6.42 Å². The second kappa shape index (κ2) is 11.8. The minimum atomic E-state index is 0. The third-order valence-corrected chi connectivity index (χ3v) is 4.41. The number of nitrogens with zero attached hydrogens (tertiary/aromatic N) is 1. The molecule has 5 heteroatoms. The van der Waals surface area contributed by atoms with Gasteiger partial charge in [-0.1, -0.05) is 27.7 Å². The number of hydrogen-bond acceptors (Lipinski definition) is 4. The van der Waals surface area contributed by atoms with Gasteiger partial charge in [-0.05, 0) is 25.2 Å². The Balaban J connectivity index is 0.00000529. The maximum absolute atomic E-state index is 11.8. The Morgan fingerprint density at radius 3 is 2.87 bits per heavy atom. The lowest BCUT2D eigenvalue weighted by atomic mass is 10.1. The van der Waals surface area contributed by atoms with E-state index >= 15 is 0 Å². The van der Waals surface area contributed by atoms with E-state index in [9.17, 15) is 4.79 Å². The first kappa shape index (κ1) is 20.4. The molecule has 1 heterocycles. The van der Waals surface area contributed by atoms with Crippen LogP contribution >= 0.6 is 0 Å². The van der Waals surface area contributed by atoms with Crippen molar-refractivity contribution in [1.29, 1.82) is 0 Å². The van der Waals surface area contributed by atoms with Gasteiger partial charge in [0.15, 0.2) is 0 Å². The molecule has 1 fully saturated rings. The number of morpholine rings is 1. The van der Waals surface area contributed by atoms with E-state index in [0.29, 0.717) is 6.54 Å². The zero-order valence-corrected chi connectivity index (χ0v) is 15.5. The molecule has 1 rings (SSSR count). The maximum atomic E-state index is 11.8. The molecule has 0 bridgehead atoms. The van der Waals surface area contributed by atoms with Crippen molar-refractivity contribution in [2.45, 2.75) is 53.1 Å². The van der Waals surface area contributed by atoms with Crippen molar-refractivity contribution >= 4 is 5.91 Å². The monoisotopic (exact) mass is 330 g/mol. The summed E-state index contributed by atoms with van der Waals surface area (Å²) in [5.74, 6) is 0.958. The van der Waals surface area contributed by atoms with E-state index in [0.717, 1.165) is 58.2 Å². The number of rotatable bonds is 11. The van der Waals surface area contributed by atoms with Crippen LogP contribution in [0.1, 0.15) is 48.4 Å². The Morgan fingerprint density at radius 1 is 1.39 bits per heavy atom. The molecule has 0 aromatic rings. The zero-order valence-electron chi connectivity index (χ0n) is 15.5. The standard InChI is InChI=1S/C18H36N2O3.H2/c1-5-16(4)18(21)19-13-17-14-20(9-12-23-17)8-11-22-10-6-7-15(2)3;/h15-17H,5-14H2,1-4H3,(H,19,21);1H. The van der Waals surface area contributed by atoms with E-state index < -0.39 is 0 Å². The fraction of sp³-hybridized carbons (Fsp3) is 0.944. The van der Waals surface area contributed by atoms with Crippen LogP contribution in [0, 0.1) is 11.8 Å². The molecule has 1 saturated heterocycles. The topological polar surface area (TPSA) is 50.8 Å². The molecule has 23 heavy (non-hydrogen) atoms. The molecule has 1 amide bonds. The Hall–Kier alpha value is -0.650. The molecule has 0 aliphatic carbocycles. The summed E-state index contributed by atoms with van der Waals surface area (Å²) in [6, 6.07) is 0. The van der Waals surface area contributed by atoms with Gasteiger partial charge in [0, 0.05) is 40.1 Å². The largest absolute Gasteiger partial charge is 0.380 e. The summed E-state index contributed by atoms with van der Waals surface area (Å²) in [6.45, 7) is 14.2. The molecule has 0 aromatic heterocycles. The third-order valence-electron chi connectivity index (χ3n) is 4.41. The Kier molecular flexibility index (Phi) is 10.5. The van der Waals surface area contributed by atoms with Crippen molar-refractivity contribution < 1.29 is 15.7 Å². The van der Waals surface area contributed by atoms with E-state index in [4.69, 9.17) is 9.47 Å². The van der Waals surface area contributed by atoms with E-state index in [1.807, 2.05) is 13.8 Å². The summed E-state index contributed by atoms with van der Waals surface area (Å²) in [6.07, 6.45) is 3.34. The lowest BCUT2D eigenvalue weighted by Crippen LogP contribution is -2.48. The molecule has 1 aliphatic rings. The van der Waals surface area contributed by atoms with Gasteiger partial charge in [0.05, 0.1) is 19.3 Å². The maximum Gasteiger partial charge on any atom is 0.222 e. The molecule has 0 radical (unpaired) electrons. The van der Waals surface area contributed by atoms with Crippen molar-refractivity contribution in [3.63, 3.8) is 0 Å². The number of hydrogen-bond donors (Lipinski definition) is 1. The second-order valence-corrected chi connectivity index (χ2v) is 7.00. The average molecular weight is 331 g/mol. The minimum absolute atomic E-state index is 0. The highest BCUT2D eigenvalue weighted by Gasteiger charge is 2.21. The lowest BCUT2D eigenvalue weighted by Gasteiger charge is -2.33. The molecule has 1 aliphatic heterocycles. The highest BCUT2D eigenvalue weighted by Crippen LogP contribution is 2.06. The van der Waals surface area contributed by atoms with Crippen LogP contribution in [0.2, 0.25) is 0 Å². The van der Waals surface area contributed by atoms with Crippen LogP contribution in [0.15, 0.2) is 0 Å². The molecular weight excluding hydrogens is 292 g/mol. The highest BCUT2D eigenvalue weighted by molar-refractivity contribution is 5.78. The van der Waals surface area contributed by atoms with Crippen molar-refractivity contribution in [2.24, 2.45) is 11.8 Å². The van der Waals surface area contributed by atoms with Crippen molar-refractivity contribution in [3.8, 4) is 0 Å². The molecule has 1 N–H and O–H groups in total. The third kappa shape index (κ3) is 9.28. The van der Waals surface area contributed by atoms with Crippen LogP contribution in [-0.2, 0) is 14.3 Å². The van der Waals surface area contributed by atoms with Gasteiger partial charge in [-0.15, -0.1) is 0 Å².